The summed E-state index contributed by atoms with van der Waals surface area (Å²) in [4.78, 5) is 11.2. The number of nitrogens with one attached hydrogen (secondary N) is 2. The Bertz CT molecular complexity index is 182. The average molecular weight is 198 g/mol. The third-order valence-corrected chi connectivity index (χ3v) is 3.13. The zero-order chi connectivity index (χ0) is 10.4. The van der Waals surface area contributed by atoms with Gasteiger partial charge in [0.1, 0.15) is 0 Å². The van der Waals surface area contributed by atoms with E-state index >= 15 is 0 Å². The first-order valence-corrected chi connectivity index (χ1v) is 5.76. The molecular weight excluding hydrogens is 176 g/mol. The molecule has 0 aromatic carbocycles. The lowest BCUT2D eigenvalue weighted by Crippen LogP contribution is -2.42. The van der Waals surface area contributed by atoms with E-state index in [9.17, 15) is 4.79 Å². The molecule has 1 rings (SSSR count). The van der Waals surface area contributed by atoms with Crippen molar-refractivity contribution in [2.24, 2.45) is 5.92 Å². The Morgan fingerprint density at radius 1 is 1.43 bits per heavy atom. The first kappa shape index (κ1) is 11.3. The Labute approximate surface area is 86.6 Å². The molecule has 3 heteroatoms. The number of unbranched alkanes of at least 4 members (excludes halogenated alkanes) is 1. The number of hydrogen-bond donors (Lipinski definition) is 2. The van der Waals surface area contributed by atoms with Gasteiger partial charge >= 0.3 is 6.03 Å². The second kappa shape index (κ2) is 5.89. The van der Waals surface area contributed by atoms with Crippen LogP contribution in [0.1, 0.15) is 45.4 Å². The Morgan fingerprint density at radius 2 is 2.21 bits per heavy atom. The summed E-state index contributed by atoms with van der Waals surface area (Å²) in [5.41, 5.74) is 0. The molecule has 1 fully saturated rings. The fourth-order valence-corrected chi connectivity index (χ4v) is 2.28. The van der Waals surface area contributed by atoms with Gasteiger partial charge < -0.3 is 10.6 Å². The van der Waals surface area contributed by atoms with Crippen LogP contribution in [0.15, 0.2) is 0 Å². The van der Waals surface area contributed by atoms with Crippen molar-refractivity contribution >= 4 is 6.03 Å². The second-order valence-electron chi connectivity index (χ2n) is 4.16. The van der Waals surface area contributed by atoms with Gasteiger partial charge in [0.2, 0.25) is 0 Å². The minimum Gasteiger partial charge on any atom is -0.341 e. The third kappa shape index (κ3) is 3.20. The summed E-state index contributed by atoms with van der Waals surface area (Å²) in [6.07, 6.45) is 7.52. The number of urea groups is 1. The molecule has 1 aliphatic rings. The highest BCUT2D eigenvalue weighted by atomic mass is 16.2. The molecule has 2 N–H and O–H groups in total. The van der Waals surface area contributed by atoms with E-state index in [0.29, 0.717) is 12.0 Å². The van der Waals surface area contributed by atoms with E-state index in [1.54, 1.807) is 7.05 Å². The van der Waals surface area contributed by atoms with E-state index in [1.807, 2.05) is 0 Å². The van der Waals surface area contributed by atoms with Crippen molar-refractivity contribution < 1.29 is 4.79 Å². The molecule has 1 saturated carbocycles. The van der Waals surface area contributed by atoms with E-state index in [1.165, 1.54) is 32.1 Å². The molecule has 82 valence electrons. The van der Waals surface area contributed by atoms with Gasteiger partial charge in [-0.3, -0.25) is 0 Å². The van der Waals surface area contributed by atoms with Crippen LogP contribution in [0.3, 0.4) is 0 Å². The van der Waals surface area contributed by atoms with Gasteiger partial charge in [-0.05, 0) is 25.2 Å². The predicted molar refractivity (Wildman–Crippen MR) is 58.2 cm³/mol. The van der Waals surface area contributed by atoms with Gasteiger partial charge in [-0.1, -0.05) is 26.2 Å². The van der Waals surface area contributed by atoms with Crippen LogP contribution in [-0.4, -0.2) is 19.1 Å². The topological polar surface area (TPSA) is 41.1 Å². The molecule has 0 spiro atoms. The molecule has 0 saturated heterocycles. The van der Waals surface area contributed by atoms with Gasteiger partial charge in [0, 0.05) is 13.1 Å². The molecule has 3 nitrogen and oxygen atoms in total. The summed E-state index contributed by atoms with van der Waals surface area (Å²) in [6.45, 7) is 2.22. The summed E-state index contributed by atoms with van der Waals surface area (Å²) < 4.78 is 0. The van der Waals surface area contributed by atoms with Crippen LogP contribution in [0.2, 0.25) is 0 Å². The summed E-state index contributed by atoms with van der Waals surface area (Å²) >= 11 is 0. The van der Waals surface area contributed by atoms with Crippen molar-refractivity contribution in [3.63, 3.8) is 0 Å². The minimum atomic E-state index is -0.0293. The Balaban J connectivity index is 2.31. The highest BCUT2D eigenvalue weighted by Gasteiger charge is 2.27. The summed E-state index contributed by atoms with van der Waals surface area (Å²) in [6, 6.07) is 0.389. The third-order valence-electron chi connectivity index (χ3n) is 3.13. The molecule has 2 amide bonds. The fraction of sp³-hybridized carbons (Fsp3) is 0.909. The molecule has 0 aromatic heterocycles. The minimum absolute atomic E-state index is 0.0293. The van der Waals surface area contributed by atoms with Gasteiger partial charge in [0.15, 0.2) is 0 Å². The highest BCUT2D eigenvalue weighted by Crippen LogP contribution is 2.29. The Morgan fingerprint density at radius 3 is 2.86 bits per heavy atom. The number of amides is 2. The molecule has 14 heavy (non-hydrogen) atoms. The van der Waals surface area contributed by atoms with Gasteiger partial charge in [-0.25, -0.2) is 4.79 Å². The van der Waals surface area contributed by atoms with Crippen molar-refractivity contribution in [3.8, 4) is 0 Å². The summed E-state index contributed by atoms with van der Waals surface area (Å²) in [5.74, 6) is 0.715. The first-order chi connectivity index (χ1) is 6.77. The van der Waals surface area contributed by atoms with Gasteiger partial charge in [0.05, 0.1) is 0 Å². The molecule has 0 bridgehead atoms. The van der Waals surface area contributed by atoms with Crippen molar-refractivity contribution in [2.75, 3.05) is 7.05 Å². The van der Waals surface area contributed by atoms with Crippen LogP contribution in [0.5, 0.6) is 0 Å². The second-order valence-corrected chi connectivity index (χ2v) is 4.16. The molecular formula is C11H22N2O. The smallest absolute Gasteiger partial charge is 0.314 e. The first-order valence-electron chi connectivity index (χ1n) is 5.76. The van der Waals surface area contributed by atoms with Crippen molar-refractivity contribution in [2.45, 2.75) is 51.5 Å². The van der Waals surface area contributed by atoms with E-state index < -0.39 is 0 Å². The molecule has 0 heterocycles. The van der Waals surface area contributed by atoms with Crippen LogP contribution >= 0.6 is 0 Å². The van der Waals surface area contributed by atoms with Crippen LogP contribution in [0.4, 0.5) is 4.79 Å². The molecule has 2 unspecified atom stereocenters. The largest absolute Gasteiger partial charge is 0.341 e. The van der Waals surface area contributed by atoms with Crippen LogP contribution < -0.4 is 10.6 Å². The zero-order valence-electron chi connectivity index (χ0n) is 9.31. The lowest BCUT2D eigenvalue weighted by molar-refractivity contribution is 0.234. The number of hydrogen-bond acceptors (Lipinski definition) is 1. The van der Waals surface area contributed by atoms with Gasteiger partial charge in [-0.15, -0.1) is 0 Å². The molecule has 2 atom stereocenters. The molecule has 1 aliphatic carbocycles. The highest BCUT2D eigenvalue weighted by molar-refractivity contribution is 5.73. The van der Waals surface area contributed by atoms with Crippen LogP contribution in [0.25, 0.3) is 0 Å². The van der Waals surface area contributed by atoms with Gasteiger partial charge in [-0.2, -0.15) is 0 Å². The van der Waals surface area contributed by atoms with Crippen LogP contribution in [0, 0.1) is 5.92 Å². The monoisotopic (exact) mass is 198 g/mol. The fourth-order valence-electron chi connectivity index (χ4n) is 2.28. The summed E-state index contributed by atoms with van der Waals surface area (Å²) in [5, 5.41) is 5.66. The number of rotatable bonds is 4. The van der Waals surface area contributed by atoms with E-state index in [0.717, 1.165) is 6.42 Å². The van der Waals surface area contributed by atoms with E-state index in [4.69, 9.17) is 0 Å². The maximum Gasteiger partial charge on any atom is 0.314 e. The Hall–Kier alpha value is -0.730. The lowest BCUT2D eigenvalue weighted by atomic mass is 9.97. The standard InChI is InChI=1S/C11H22N2O/c1-3-4-6-9-7-5-8-10(9)13-11(14)12-2/h9-10H,3-8H2,1-2H3,(H2,12,13,14). The quantitative estimate of drug-likeness (QED) is 0.715. The van der Waals surface area contributed by atoms with Crippen LogP contribution in [-0.2, 0) is 0 Å². The normalized spacial score (nSPS) is 26.1. The summed E-state index contributed by atoms with van der Waals surface area (Å²) in [7, 11) is 1.67. The molecule has 0 aromatic rings. The SMILES string of the molecule is CCCCC1CCCC1NC(=O)NC. The van der Waals surface area contributed by atoms with Crippen molar-refractivity contribution in [3.05, 3.63) is 0 Å². The molecule has 0 aliphatic heterocycles. The maximum atomic E-state index is 11.2. The predicted octanol–water partition coefficient (Wildman–Crippen LogP) is 2.27. The van der Waals surface area contributed by atoms with Gasteiger partial charge in [0.25, 0.3) is 0 Å². The lowest BCUT2D eigenvalue weighted by Gasteiger charge is -2.20. The number of carbonyl (C=O) groups is 1. The zero-order valence-corrected chi connectivity index (χ0v) is 9.31. The van der Waals surface area contributed by atoms with Crippen molar-refractivity contribution in [1.82, 2.24) is 10.6 Å². The van der Waals surface area contributed by atoms with Crippen molar-refractivity contribution in [1.29, 1.82) is 0 Å². The average Bonchev–Trinajstić information content (AvgIpc) is 2.62. The van der Waals surface area contributed by atoms with E-state index in [2.05, 4.69) is 17.6 Å². The molecule has 0 radical (unpaired) electrons. The van der Waals surface area contributed by atoms with E-state index in [-0.39, 0.29) is 6.03 Å². The maximum absolute atomic E-state index is 11.2. The Kier molecular flexibility index (Phi) is 4.77. The number of carbonyl (C=O) groups excluding carboxylic acids is 1.